The van der Waals surface area contributed by atoms with Crippen LogP contribution in [0.5, 0.6) is 5.75 Å². The number of nitrogens with one attached hydrogen (secondary N) is 1. The number of ether oxygens (including phenoxy) is 1. The summed E-state index contributed by atoms with van der Waals surface area (Å²) in [4.78, 5) is 31.0. The van der Waals surface area contributed by atoms with Gasteiger partial charge in [0, 0.05) is 11.6 Å². The van der Waals surface area contributed by atoms with Gasteiger partial charge in [-0.1, -0.05) is 19.1 Å². The van der Waals surface area contributed by atoms with Gasteiger partial charge in [-0.15, -0.1) is 0 Å². The number of nitrogens with zero attached hydrogens (tertiary/aromatic N) is 3. The molecule has 1 amide bonds. The number of ketones is 1. The predicted molar refractivity (Wildman–Crippen MR) is 134 cm³/mol. The number of pyridine rings is 1. The average molecular weight is 509 g/mol. The molecule has 4 rings (SSSR count). The summed E-state index contributed by atoms with van der Waals surface area (Å²) in [7, 11) is -1.75. The van der Waals surface area contributed by atoms with E-state index in [2.05, 4.69) is 20.5 Å². The molecule has 1 aromatic carbocycles. The van der Waals surface area contributed by atoms with E-state index in [0.717, 1.165) is 5.56 Å². The van der Waals surface area contributed by atoms with Crippen molar-refractivity contribution in [3.05, 3.63) is 70.7 Å². The van der Waals surface area contributed by atoms with Gasteiger partial charge >= 0.3 is 0 Å². The molecule has 188 valence electrons. The minimum atomic E-state index is -3.29. The van der Waals surface area contributed by atoms with Crippen LogP contribution in [-0.2, 0) is 32.9 Å². The quantitative estimate of drug-likeness (QED) is 0.515. The van der Waals surface area contributed by atoms with Crippen LogP contribution in [0.15, 0.2) is 47.5 Å². The largest absolute Gasteiger partial charge is 0.495 e. The van der Waals surface area contributed by atoms with E-state index in [-0.39, 0.29) is 28.8 Å². The van der Waals surface area contributed by atoms with Crippen molar-refractivity contribution in [2.45, 2.75) is 50.3 Å². The molecule has 0 radical (unpaired) electrons. The van der Waals surface area contributed by atoms with Crippen LogP contribution >= 0.6 is 0 Å². The van der Waals surface area contributed by atoms with E-state index < -0.39 is 15.3 Å². The number of aromatic nitrogens is 3. The van der Waals surface area contributed by atoms with Crippen molar-refractivity contribution in [3.63, 3.8) is 0 Å². The zero-order valence-electron chi connectivity index (χ0n) is 20.7. The highest BCUT2D eigenvalue weighted by Crippen LogP contribution is 2.39. The van der Waals surface area contributed by atoms with Crippen LogP contribution in [0.2, 0.25) is 0 Å². The first-order chi connectivity index (χ1) is 17.1. The van der Waals surface area contributed by atoms with Gasteiger partial charge in [0.2, 0.25) is 5.91 Å². The fraction of sp³-hybridized carbons (Fsp3) is 0.346. The number of anilines is 1. The number of rotatable bonds is 7. The molecule has 10 heteroatoms. The molecule has 0 saturated heterocycles. The van der Waals surface area contributed by atoms with Crippen LogP contribution in [0.4, 0.5) is 5.82 Å². The van der Waals surface area contributed by atoms with E-state index in [4.69, 9.17) is 4.74 Å². The van der Waals surface area contributed by atoms with Crippen LogP contribution in [0, 0.1) is 6.92 Å². The molecule has 0 aliphatic heterocycles. The van der Waals surface area contributed by atoms with Crippen molar-refractivity contribution in [1.82, 2.24) is 15.2 Å². The number of Topliss-reactive ketones (excluding diaryl/α,β-unsaturated/α-hetero) is 1. The van der Waals surface area contributed by atoms with Gasteiger partial charge in [0.25, 0.3) is 0 Å². The number of hydrogen-bond donors (Lipinski definition) is 1. The molecule has 0 saturated carbocycles. The number of aryl methyl sites for hydroxylation is 2. The Labute approximate surface area is 210 Å². The highest BCUT2D eigenvalue weighted by Gasteiger charge is 2.43. The lowest BCUT2D eigenvalue weighted by Crippen LogP contribution is -2.39. The first kappa shape index (κ1) is 25.4. The van der Waals surface area contributed by atoms with Gasteiger partial charge in [0.05, 0.1) is 47.2 Å². The Bertz CT molecular complexity index is 1440. The highest BCUT2D eigenvalue weighted by molar-refractivity contribution is 7.91. The molecule has 1 unspecified atom stereocenters. The Hall–Kier alpha value is -3.66. The molecule has 0 fully saturated rings. The van der Waals surface area contributed by atoms with Gasteiger partial charge in [-0.3, -0.25) is 9.59 Å². The Balaban J connectivity index is 1.52. The SMILES string of the molecule is CCS(=O)(=O)c1ccc(CC(=O)Nc2cc(C)c3c(n2)CCC(C)(c2cc(OC)cnn2)C3=O)cc1. The molecule has 2 aromatic heterocycles. The summed E-state index contributed by atoms with van der Waals surface area (Å²) in [5.74, 6) is 0.557. The lowest BCUT2D eigenvalue weighted by atomic mass is 9.70. The molecule has 1 N–H and O–H groups in total. The van der Waals surface area contributed by atoms with Crippen molar-refractivity contribution in [1.29, 1.82) is 0 Å². The molecular weight excluding hydrogens is 480 g/mol. The maximum Gasteiger partial charge on any atom is 0.229 e. The Morgan fingerprint density at radius 3 is 2.58 bits per heavy atom. The van der Waals surface area contributed by atoms with Crippen molar-refractivity contribution in [2.75, 3.05) is 18.2 Å². The van der Waals surface area contributed by atoms with Crippen LogP contribution < -0.4 is 10.1 Å². The second-order valence-electron chi connectivity index (χ2n) is 9.06. The minimum absolute atomic E-state index is 0.0186. The zero-order chi connectivity index (χ0) is 26.1. The van der Waals surface area contributed by atoms with Crippen LogP contribution in [-0.4, -0.2) is 48.2 Å². The third-order valence-corrected chi connectivity index (χ3v) is 8.36. The number of benzene rings is 1. The summed E-state index contributed by atoms with van der Waals surface area (Å²) < 4.78 is 29.2. The second kappa shape index (κ2) is 9.77. The number of amides is 1. The monoisotopic (exact) mass is 508 g/mol. The number of fused-ring (bicyclic) bond motifs is 1. The summed E-state index contributed by atoms with van der Waals surface area (Å²) in [6.07, 6.45) is 2.60. The van der Waals surface area contributed by atoms with E-state index in [1.54, 1.807) is 31.2 Å². The summed E-state index contributed by atoms with van der Waals surface area (Å²) >= 11 is 0. The summed E-state index contributed by atoms with van der Waals surface area (Å²) in [6.45, 7) is 5.27. The summed E-state index contributed by atoms with van der Waals surface area (Å²) in [5, 5.41) is 11.0. The minimum Gasteiger partial charge on any atom is -0.495 e. The zero-order valence-corrected chi connectivity index (χ0v) is 21.5. The first-order valence-corrected chi connectivity index (χ1v) is 13.3. The summed E-state index contributed by atoms with van der Waals surface area (Å²) in [6, 6.07) is 9.71. The van der Waals surface area contributed by atoms with Crippen molar-refractivity contribution in [2.24, 2.45) is 0 Å². The highest BCUT2D eigenvalue weighted by atomic mass is 32.2. The molecule has 1 atom stereocenters. The van der Waals surface area contributed by atoms with Crippen LogP contribution in [0.25, 0.3) is 0 Å². The molecule has 0 bridgehead atoms. The topological polar surface area (TPSA) is 128 Å². The van der Waals surface area contributed by atoms with E-state index in [1.807, 2.05) is 13.8 Å². The standard InChI is InChI=1S/C26H28N4O5S/c1-5-36(33,34)19-8-6-17(7-9-19)13-23(31)29-22-12-16(2)24-20(28-22)10-11-26(3,25(24)32)21-14-18(35-4)15-27-30-21/h6-9,12,14-15H,5,10-11,13H2,1-4H3,(H,28,29,31). The van der Waals surface area contributed by atoms with Gasteiger partial charge in [-0.05, 0) is 56.0 Å². The lowest BCUT2D eigenvalue weighted by molar-refractivity contribution is -0.115. The molecule has 1 aliphatic rings. The number of hydrogen-bond acceptors (Lipinski definition) is 8. The van der Waals surface area contributed by atoms with E-state index in [1.165, 1.54) is 25.4 Å². The van der Waals surface area contributed by atoms with Crippen molar-refractivity contribution >= 4 is 27.3 Å². The molecular formula is C26H28N4O5S. The van der Waals surface area contributed by atoms with Gasteiger partial charge in [-0.2, -0.15) is 10.2 Å². The number of carbonyl (C=O) groups is 2. The maximum atomic E-state index is 13.6. The normalized spacial score (nSPS) is 17.4. The summed E-state index contributed by atoms with van der Waals surface area (Å²) in [5.41, 5.74) is 2.27. The fourth-order valence-corrected chi connectivity index (χ4v) is 5.26. The Kier molecular flexibility index (Phi) is 6.90. The van der Waals surface area contributed by atoms with Crippen LogP contribution in [0.1, 0.15) is 53.1 Å². The predicted octanol–water partition coefficient (Wildman–Crippen LogP) is 3.25. The van der Waals surface area contributed by atoms with Crippen molar-refractivity contribution < 1.29 is 22.7 Å². The molecule has 3 aromatic rings. The fourth-order valence-electron chi connectivity index (χ4n) is 4.38. The van der Waals surface area contributed by atoms with Crippen LogP contribution in [0.3, 0.4) is 0 Å². The van der Waals surface area contributed by atoms with E-state index >= 15 is 0 Å². The maximum absolute atomic E-state index is 13.6. The Morgan fingerprint density at radius 2 is 1.92 bits per heavy atom. The second-order valence-corrected chi connectivity index (χ2v) is 11.3. The molecule has 1 aliphatic carbocycles. The Morgan fingerprint density at radius 1 is 1.19 bits per heavy atom. The smallest absolute Gasteiger partial charge is 0.229 e. The average Bonchev–Trinajstić information content (AvgIpc) is 2.86. The molecule has 2 heterocycles. The molecule has 9 nitrogen and oxygen atoms in total. The van der Waals surface area contributed by atoms with Gasteiger partial charge < -0.3 is 10.1 Å². The number of carbonyl (C=O) groups excluding carboxylic acids is 2. The van der Waals surface area contributed by atoms with Crippen molar-refractivity contribution in [3.8, 4) is 5.75 Å². The van der Waals surface area contributed by atoms with E-state index in [0.29, 0.717) is 46.9 Å². The van der Waals surface area contributed by atoms with Gasteiger partial charge in [0.15, 0.2) is 15.6 Å². The third-order valence-electron chi connectivity index (χ3n) is 6.61. The number of sulfone groups is 1. The molecule has 36 heavy (non-hydrogen) atoms. The lowest BCUT2D eigenvalue weighted by Gasteiger charge is -2.33. The van der Waals surface area contributed by atoms with Gasteiger partial charge in [0.1, 0.15) is 11.6 Å². The van der Waals surface area contributed by atoms with E-state index in [9.17, 15) is 18.0 Å². The number of methoxy groups -OCH3 is 1. The van der Waals surface area contributed by atoms with Gasteiger partial charge in [-0.25, -0.2) is 13.4 Å². The first-order valence-electron chi connectivity index (χ1n) is 11.6. The molecule has 0 spiro atoms. The third kappa shape index (κ3) is 4.86.